The van der Waals surface area contributed by atoms with Crippen LogP contribution in [0.5, 0.6) is 5.75 Å². The van der Waals surface area contributed by atoms with Crippen LogP contribution in [0, 0.1) is 12.7 Å². The number of halogens is 2. The fourth-order valence-corrected chi connectivity index (χ4v) is 3.40. The molecule has 136 valence electrons. The van der Waals surface area contributed by atoms with Crippen LogP contribution in [0.15, 0.2) is 42.5 Å². The Labute approximate surface area is 154 Å². The molecule has 1 N–H and O–H groups in total. The van der Waals surface area contributed by atoms with Gasteiger partial charge >= 0.3 is 0 Å². The van der Waals surface area contributed by atoms with Crippen LogP contribution in [0.1, 0.15) is 29.5 Å². The predicted molar refractivity (Wildman–Crippen MR) is 99.8 cm³/mol. The highest BCUT2D eigenvalue weighted by Crippen LogP contribution is 2.34. The Morgan fingerprint density at radius 1 is 1.12 bits per heavy atom. The van der Waals surface area contributed by atoms with E-state index in [1.807, 2.05) is 12.1 Å². The number of aryl methyl sites for hydroxylation is 1. The van der Waals surface area contributed by atoms with Crippen LogP contribution in [0.2, 0.25) is 0 Å². The van der Waals surface area contributed by atoms with Crippen molar-refractivity contribution in [2.24, 2.45) is 0 Å². The summed E-state index contributed by atoms with van der Waals surface area (Å²) in [5.74, 6) is 0.631. The number of ether oxygens (including phenoxy) is 1. The molecule has 0 aliphatic carbocycles. The molecule has 0 bridgehead atoms. The molecule has 0 unspecified atom stereocenters. The van der Waals surface area contributed by atoms with Crippen molar-refractivity contribution in [1.82, 2.24) is 4.90 Å². The monoisotopic (exact) mass is 365 g/mol. The van der Waals surface area contributed by atoms with Gasteiger partial charge < -0.3 is 9.84 Å². The van der Waals surface area contributed by atoms with Crippen LogP contribution in [0.25, 0.3) is 0 Å². The maximum atomic E-state index is 13.1. The Bertz CT molecular complexity index is 697. The fraction of sp³-hybridized carbons (Fsp3) is 0.400. The summed E-state index contributed by atoms with van der Waals surface area (Å²) in [4.78, 5) is 2.33. The molecule has 1 aliphatic heterocycles. The summed E-state index contributed by atoms with van der Waals surface area (Å²) in [6.07, 6.45) is 1.29. The van der Waals surface area contributed by atoms with Crippen molar-refractivity contribution in [2.45, 2.75) is 31.9 Å². The Kier molecular flexibility index (Phi) is 6.44. The highest BCUT2D eigenvalue weighted by Gasteiger charge is 2.34. The Morgan fingerprint density at radius 2 is 1.76 bits per heavy atom. The Hall–Kier alpha value is -1.62. The third-order valence-electron chi connectivity index (χ3n) is 4.89. The maximum absolute atomic E-state index is 13.1. The lowest BCUT2D eigenvalue weighted by Crippen LogP contribution is -2.42. The lowest BCUT2D eigenvalue weighted by Gasteiger charge is -2.38. The van der Waals surface area contributed by atoms with E-state index < -0.39 is 5.60 Å². The molecular formula is C20H25ClFNO2. The second-order valence-electron chi connectivity index (χ2n) is 6.63. The van der Waals surface area contributed by atoms with E-state index in [4.69, 9.17) is 4.74 Å². The lowest BCUT2D eigenvalue weighted by atomic mass is 9.84. The van der Waals surface area contributed by atoms with Crippen LogP contribution in [-0.4, -0.2) is 30.2 Å². The molecule has 0 radical (unpaired) electrons. The average molecular weight is 366 g/mol. The van der Waals surface area contributed by atoms with Crippen LogP contribution in [0.4, 0.5) is 4.39 Å². The number of rotatable bonds is 4. The zero-order chi connectivity index (χ0) is 17.2. The Balaban J connectivity index is 0.00000225. The molecule has 0 aromatic heterocycles. The summed E-state index contributed by atoms with van der Waals surface area (Å²) in [6, 6.07) is 12.4. The van der Waals surface area contributed by atoms with Gasteiger partial charge in [0.1, 0.15) is 11.6 Å². The molecule has 1 aliphatic rings. The number of piperidine rings is 1. The highest BCUT2D eigenvalue weighted by molar-refractivity contribution is 5.85. The molecular weight excluding hydrogens is 341 g/mol. The van der Waals surface area contributed by atoms with Gasteiger partial charge in [-0.15, -0.1) is 12.4 Å². The molecule has 0 saturated carbocycles. The molecule has 5 heteroatoms. The number of hydrogen-bond donors (Lipinski definition) is 1. The zero-order valence-corrected chi connectivity index (χ0v) is 15.5. The van der Waals surface area contributed by atoms with E-state index in [0.717, 1.165) is 30.9 Å². The molecule has 1 heterocycles. The first-order valence-electron chi connectivity index (χ1n) is 8.34. The van der Waals surface area contributed by atoms with Gasteiger partial charge in [-0.25, -0.2) is 4.39 Å². The second kappa shape index (κ2) is 8.17. The molecule has 0 spiro atoms. The number of methoxy groups -OCH3 is 1. The minimum absolute atomic E-state index is 0. The van der Waals surface area contributed by atoms with Crippen LogP contribution < -0.4 is 4.74 Å². The first-order valence-corrected chi connectivity index (χ1v) is 8.34. The number of likely N-dealkylation sites (tertiary alicyclic amines) is 1. The van der Waals surface area contributed by atoms with Gasteiger partial charge in [0.25, 0.3) is 0 Å². The third-order valence-corrected chi connectivity index (χ3v) is 4.89. The van der Waals surface area contributed by atoms with Crippen LogP contribution in [0.3, 0.4) is 0 Å². The zero-order valence-electron chi connectivity index (χ0n) is 14.7. The van der Waals surface area contributed by atoms with E-state index in [0.29, 0.717) is 12.8 Å². The number of benzene rings is 2. The number of nitrogens with zero attached hydrogens (tertiary/aromatic N) is 1. The maximum Gasteiger partial charge on any atom is 0.123 e. The van der Waals surface area contributed by atoms with Crippen LogP contribution in [-0.2, 0) is 12.1 Å². The minimum atomic E-state index is -0.860. The van der Waals surface area contributed by atoms with Gasteiger partial charge in [0.15, 0.2) is 0 Å². The van der Waals surface area contributed by atoms with Crippen molar-refractivity contribution < 1.29 is 14.2 Å². The Morgan fingerprint density at radius 3 is 2.36 bits per heavy atom. The van der Waals surface area contributed by atoms with E-state index in [-0.39, 0.29) is 18.2 Å². The highest BCUT2D eigenvalue weighted by atomic mass is 35.5. The average Bonchev–Trinajstić information content (AvgIpc) is 2.58. The van der Waals surface area contributed by atoms with Crippen molar-refractivity contribution in [3.05, 3.63) is 65.0 Å². The van der Waals surface area contributed by atoms with Gasteiger partial charge in [0, 0.05) is 25.2 Å². The van der Waals surface area contributed by atoms with E-state index in [1.165, 1.54) is 23.3 Å². The third kappa shape index (κ3) is 4.51. The van der Waals surface area contributed by atoms with Crippen LogP contribution >= 0.6 is 12.4 Å². The normalized spacial score (nSPS) is 17.0. The summed E-state index contributed by atoms with van der Waals surface area (Å²) in [7, 11) is 1.69. The molecule has 1 fully saturated rings. The molecule has 2 aromatic rings. The topological polar surface area (TPSA) is 32.7 Å². The van der Waals surface area contributed by atoms with Crippen molar-refractivity contribution >= 4 is 12.4 Å². The van der Waals surface area contributed by atoms with E-state index in [9.17, 15) is 9.50 Å². The summed E-state index contributed by atoms with van der Waals surface area (Å²) < 4.78 is 18.5. The van der Waals surface area contributed by atoms with Crippen molar-refractivity contribution in [2.75, 3.05) is 20.2 Å². The standard InChI is InChI=1S/C20H24FNO2.ClH/c1-15-3-8-19(24-2)16(13-15)14-22-11-9-20(23,10-12-22)17-4-6-18(21)7-5-17;/h3-8,13,23H,9-12,14H2,1-2H3;1H. The smallest absolute Gasteiger partial charge is 0.123 e. The summed E-state index contributed by atoms with van der Waals surface area (Å²) in [5.41, 5.74) is 2.33. The molecule has 3 nitrogen and oxygen atoms in total. The van der Waals surface area contributed by atoms with Gasteiger partial charge in [0.05, 0.1) is 12.7 Å². The molecule has 25 heavy (non-hydrogen) atoms. The van der Waals surface area contributed by atoms with Gasteiger partial charge in [0.2, 0.25) is 0 Å². The minimum Gasteiger partial charge on any atom is -0.496 e. The molecule has 1 saturated heterocycles. The van der Waals surface area contributed by atoms with Gasteiger partial charge in [-0.2, -0.15) is 0 Å². The van der Waals surface area contributed by atoms with Gasteiger partial charge in [-0.1, -0.05) is 29.8 Å². The summed E-state index contributed by atoms with van der Waals surface area (Å²) in [5, 5.41) is 10.9. The van der Waals surface area contributed by atoms with Gasteiger partial charge in [-0.3, -0.25) is 4.90 Å². The summed E-state index contributed by atoms with van der Waals surface area (Å²) >= 11 is 0. The predicted octanol–water partition coefficient (Wildman–Crippen LogP) is 4.05. The fourth-order valence-electron chi connectivity index (χ4n) is 3.40. The largest absolute Gasteiger partial charge is 0.496 e. The summed E-state index contributed by atoms with van der Waals surface area (Å²) in [6.45, 7) is 4.48. The van der Waals surface area contributed by atoms with Crippen molar-refractivity contribution in [3.63, 3.8) is 0 Å². The first-order chi connectivity index (χ1) is 11.5. The van der Waals surface area contributed by atoms with E-state index >= 15 is 0 Å². The number of hydrogen-bond acceptors (Lipinski definition) is 3. The SMILES string of the molecule is COc1ccc(C)cc1CN1CCC(O)(c2ccc(F)cc2)CC1.Cl. The second-order valence-corrected chi connectivity index (χ2v) is 6.63. The lowest BCUT2D eigenvalue weighted by molar-refractivity contribution is -0.0278. The van der Waals surface area contributed by atoms with Gasteiger partial charge in [-0.05, 0) is 43.5 Å². The molecule has 2 aromatic carbocycles. The quantitative estimate of drug-likeness (QED) is 0.887. The molecule has 0 amide bonds. The van der Waals surface area contributed by atoms with E-state index in [1.54, 1.807) is 19.2 Å². The molecule has 3 rings (SSSR count). The van der Waals surface area contributed by atoms with Crippen molar-refractivity contribution in [3.8, 4) is 5.75 Å². The first kappa shape index (κ1) is 19.7. The van der Waals surface area contributed by atoms with Crippen molar-refractivity contribution in [1.29, 1.82) is 0 Å². The van der Waals surface area contributed by atoms with E-state index in [2.05, 4.69) is 17.9 Å². The molecule has 0 atom stereocenters. The number of aliphatic hydroxyl groups is 1.